The number of pyridine rings is 8. The average Bonchev–Trinajstić information content (AvgIpc) is 0.845. The zero-order valence-corrected chi connectivity index (χ0v) is 81.5. The molecular weight excluding hydrogens is 2340 g/mol. The Hall–Kier alpha value is -14.2. The van der Waals surface area contributed by atoms with Crippen LogP contribution in [0.15, 0.2) is 395 Å². The molecular formula is C113H71Cl3F8Ir3N8O2-2. The topological polar surface area (TPSA) is 140 Å². The van der Waals surface area contributed by atoms with E-state index in [1.165, 1.54) is 60.3 Å². The number of carbonyl (C=O) groups is 1. The van der Waals surface area contributed by atoms with Crippen molar-refractivity contribution in [3.63, 3.8) is 0 Å². The van der Waals surface area contributed by atoms with Crippen molar-refractivity contribution in [3.05, 3.63) is 505 Å². The summed E-state index contributed by atoms with van der Waals surface area (Å²) in [5.41, 5.74) is 10.9. The van der Waals surface area contributed by atoms with Crippen LogP contribution in [0.25, 0.3) is 144 Å². The predicted molar refractivity (Wildman–Crippen MR) is 517 cm³/mol. The number of aliphatic hydroxyl groups is 1. The maximum absolute atomic E-state index is 13.2. The molecule has 1 radical (unpaired) electrons. The van der Waals surface area contributed by atoms with Gasteiger partial charge >= 0.3 is 40.2 Å². The van der Waals surface area contributed by atoms with Crippen molar-refractivity contribution in [2.75, 3.05) is 0 Å². The van der Waals surface area contributed by atoms with Crippen molar-refractivity contribution in [2.24, 2.45) is 0 Å². The van der Waals surface area contributed by atoms with Crippen LogP contribution in [-0.2, 0) is 65.1 Å². The van der Waals surface area contributed by atoms with Crippen LogP contribution < -0.4 is 0 Å². The molecule has 8 aromatic heterocycles. The summed E-state index contributed by atoms with van der Waals surface area (Å²) >= 11 is 17.6. The molecule has 0 bridgehead atoms. The third kappa shape index (κ3) is 30.4. The Morgan fingerprint density at radius 1 is 0.270 bits per heavy atom. The number of hydrogen-bond donors (Lipinski definition) is 1. The number of fused-ring (bicyclic) bond motifs is 5. The Labute approximate surface area is 841 Å². The number of allylic oxidation sites excluding steroid dienone is 2. The summed E-state index contributed by atoms with van der Waals surface area (Å²) < 4.78 is 103. The largest absolute Gasteiger partial charge is 3.00 e. The van der Waals surface area contributed by atoms with Crippen LogP contribution in [0.1, 0.15) is 13.8 Å². The molecule has 13 aromatic carbocycles. The molecule has 0 unspecified atom stereocenters. The number of aromatic nitrogens is 8. The fraction of sp³-hybridized carbons (Fsp3) is 0.0177. The van der Waals surface area contributed by atoms with Crippen LogP contribution in [-0.4, -0.2) is 50.8 Å². The van der Waals surface area contributed by atoms with Crippen LogP contribution in [0.4, 0.5) is 35.1 Å². The fourth-order valence-electron chi connectivity index (χ4n) is 13.2. The molecule has 0 amide bonds. The smallest absolute Gasteiger partial charge is 0.512 e. The minimum atomic E-state index is -0.649. The molecule has 0 spiro atoms. The first-order chi connectivity index (χ1) is 65.2. The maximum atomic E-state index is 13.2. The van der Waals surface area contributed by atoms with E-state index in [9.17, 15) is 39.9 Å². The summed E-state index contributed by atoms with van der Waals surface area (Å²) in [5.74, 6) is -4.49. The third-order valence-corrected chi connectivity index (χ3v) is 20.0. The van der Waals surface area contributed by atoms with Crippen molar-refractivity contribution in [3.8, 4) is 90.1 Å². The van der Waals surface area contributed by atoms with Crippen molar-refractivity contribution in [1.29, 1.82) is 0 Å². The van der Waals surface area contributed by atoms with Gasteiger partial charge in [-0.15, -0.1) is 220 Å². The molecule has 0 aliphatic heterocycles. The van der Waals surface area contributed by atoms with Crippen LogP contribution in [0.2, 0.25) is 15.1 Å². The van der Waals surface area contributed by atoms with Gasteiger partial charge in [-0.05, 0) is 177 Å². The Morgan fingerprint density at radius 2 is 0.496 bits per heavy atom. The van der Waals surface area contributed by atoms with E-state index in [0.717, 1.165) is 130 Å². The summed E-state index contributed by atoms with van der Waals surface area (Å²) in [6, 6.07) is 120. The first-order valence-electron chi connectivity index (χ1n) is 41.0. The minimum Gasteiger partial charge on any atom is -0.512 e. The van der Waals surface area contributed by atoms with Gasteiger partial charge in [0.15, 0.2) is 5.78 Å². The molecule has 681 valence electrons. The van der Waals surface area contributed by atoms with E-state index in [1.54, 1.807) is 116 Å². The van der Waals surface area contributed by atoms with E-state index < -0.39 is 34.9 Å². The van der Waals surface area contributed by atoms with Gasteiger partial charge in [0, 0.05) is 122 Å². The third-order valence-electron chi connectivity index (χ3n) is 19.3. The number of hydrogen-bond acceptors (Lipinski definition) is 10. The minimum absolute atomic E-state index is 0. The Balaban J connectivity index is 0.000000160. The van der Waals surface area contributed by atoms with Crippen molar-refractivity contribution < 1.29 is 105 Å². The van der Waals surface area contributed by atoms with E-state index >= 15 is 0 Å². The number of benzene rings is 13. The van der Waals surface area contributed by atoms with Crippen molar-refractivity contribution in [1.82, 2.24) is 39.9 Å². The van der Waals surface area contributed by atoms with E-state index in [0.29, 0.717) is 32.1 Å². The van der Waals surface area contributed by atoms with E-state index in [1.807, 2.05) is 170 Å². The first-order valence-corrected chi connectivity index (χ1v) is 42.1. The number of carbonyl (C=O) groups excluding carboxylic acids is 1. The Bertz CT molecular complexity index is 6580. The molecule has 1 N–H and O–H groups in total. The normalized spacial score (nSPS) is 10.3. The molecule has 8 heterocycles. The fourth-order valence-corrected chi connectivity index (χ4v) is 13.5. The van der Waals surface area contributed by atoms with Gasteiger partial charge in [0.05, 0.1) is 5.76 Å². The number of ketones is 1. The van der Waals surface area contributed by atoms with Crippen LogP contribution >= 0.6 is 34.8 Å². The quantitative estimate of drug-likeness (QED) is 0.0643. The number of aliphatic hydroxyl groups excluding tert-OH is 1. The molecule has 21 rings (SSSR count). The second-order valence-corrected chi connectivity index (χ2v) is 30.0. The Kier molecular flexibility index (Phi) is 40.7. The zero-order valence-electron chi connectivity index (χ0n) is 72.0. The molecule has 0 atom stereocenters. The second-order valence-electron chi connectivity index (χ2n) is 28.7. The summed E-state index contributed by atoms with van der Waals surface area (Å²) in [6.07, 6.45) is 14.8. The van der Waals surface area contributed by atoms with Gasteiger partial charge in [0.25, 0.3) is 0 Å². The SMILES string of the molecule is CC(=O)C=C(C)O.Clc1c[c-]c(-c2nccc3ccccc23)cc1.Clc1c[c-]c(-c2nccc3ccccc23)cc1.Clc1c[c-]c(-c2nccc3ccccc23)cc1.Fc1c[c-]c(-c2ccccn2)c(F)c1.Fc1c[c-]c(-c2ccccn2)c(F)c1.Fc1c[c-]c(-c2ccccn2)c(F)c1.Fc1c[c-]c(-c2nccc3ccccc23)cc1.Fc1c[c-]c(-c2nccc3ccccc23)cc1.[Ir+3].[Ir+3].[Ir]. The average molecular weight is 2410 g/mol. The van der Waals surface area contributed by atoms with E-state index in [2.05, 4.69) is 125 Å². The first kappa shape index (κ1) is 105. The van der Waals surface area contributed by atoms with Crippen molar-refractivity contribution in [2.45, 2.75) is 13.8 Å². The molecule has 24 heteroatoms. The van der Waals surface area contributed by atoms with Gasteiger partial charge < -0.3 is 45.0 Å². The zero-order chi connectivity index (χ0) is 94.1. The summed E-state index contributed by atoms with van der Waals surface area (Å²) in [5, 5.41) is 21.7. The molecule has 0 aliphatic rings. The number of halogens is 11. The van der Waals surface area contributed by atoms with Crippen LogP contribution in [0, 0.1) is 95.1 Å². The molecule has 0 aliphatic carbocycles. The van der Waals surface area contributed by atoms with E-state index in [-0.39, 0.29) is 100 Å². The number of nitrogens with zero attached hydrogens (tertiary/aromatic N) is 8. The van der Waals surface area contributed by atoms with Crippen molar-refractivity contribution >= 4 is 94.4 Å². The van der Waals surface area contributed by atoms with Gasteiger partial charge in [-0.2, -0.15) is 0 Å². The van der Waals surface area contributed by atoms with Gasteiger partial charge in [0.2, 0.25) is 0 Å². The van der Waals surface area contributed by atoms with Gasteiger partial charge in [-0.3, -0.25) is 39.9 Å². The van der Waals surface area contributed by atoms with Gasteiger partial charge in [-0.25, -0.2) is 0 Å². The molecule has 0 fully saturated rings. The second kappa shape index (κ2) is 53.2. The standard InChI is InChI=1S/3C15H9ClN.2C15H9FN.3C11H6F2N.C5H8O2.3Ir/c5*16-13-7-5-12(6-8-13)15-14-4-2-1-3-11(14)9-10-17-15;3*12-8-4-5-9(10(13)7-8)11-3-1-2-6-14-11;1-4(6)3-5(2)7;;;/h5*1-5,7-10H;3*1-4,6-7H;3,6H,1-2H3;;;/q8*-1;;;2*+3. The Morgan fingerprint density at radius 3 is 0.686 bits per heavy atom. The molecule has 137 heavy (non-hydrogen) atoms. The molecule has 0 saturated carbocycles. The number of rotatable bonds is 9. The van der Waals surface area contributed by atoms with Gasteiger partial charge in [-0.1, -0.05) is 193 Å². The molecule has 10 nitrogen and oxygen atoms in total. The summed E-state index contributed by atoms with van der Waals surface area (Å²) in [6.45, 7) is 2.85. The summed E-state index contributed by atoms with van der Waals surface area (Å²) in [4.78, 5) is 43.9. The van der Waals surface area contributed by atoms with Crippen LogP contribution in [0.5, 0.6) is 0 Å². The van der Waals surface area contributed by atoms with Gasteiger partial charge in [0.1, 0.15) is 0 Å². The maximum Gasteiger partial charge on any atom is 3.00 e. The monoisotopic (exact) mass is 2410 g/mol. The predicted octanol–water partition coefficient (Wildman–Crippen LogP) is 30.3. The molecule has 21 aromatic rings. The van der Waals surface area contributed by atoms with Crippen LogP contribution in [0.3, 0.4) is 0 Å². The summed E-state index contributed by atoms with van der Waals surface area (Å²) in [7, 11) is 0. The van der Waals surface area contributed by atoms with E-state index in [4.69, 9.17) is 39.9 Å². The molecule has 0 saturated heterocycles.